The summed E-state index contributed by atoms with van der Waals surface area (Å²) in [4.78, 5) is 3.30. The second-order valence-corrected chi connectivity index (χ2v) is 9.23. The smallest absolute Gasteiger partial charge is 0.304 e. The first kappa shape index (κ1) is 28.1. The minimum Gasteiger partial charge on any atom is -0.348 e. The van der Waals surface area contributed by atoms with Gasteiger partial charge < -0.3 is 5.53 Å². The van der Waals surface area contributed by atoms with Crippen LogP contribution in [0.25, 0.3) is 11.1 Å². The summed E-state index contributed by atoms with van der Waals surface area (Å²) in [6.07, 6.45) is 12.4. The Hall–Kier alpha value is -3.10. The van der Waals surface area contributed by atoms with Gasteiger partial charge >= 0.3 is 5.87 Å². The van der Waals surface area contributed by atoms with E-state index in [9.17, 15) is 5.53 Å². The number of rotatable bonds is 14. The molecule has 0 amide bonds. The predicted molar refractivity (Wildman–Crippen MR) is 150 cm³/mol. The quantitative estimate of drug-likeness (QED) is 0.0665. The van der Waals surface area contributed by atoms with Crippen molar-refractivity contribution in [2.45, 2.75) is 98.3 Å². The van der Waals surface area contributed by atoms with Crippen molar-refractivity contribution in [3.8, 4) is 11.8 Å². The van der Waals surface area contributed by atoms with E-state index < -0.39 is 0 Å². The number of allylic oxidation sites excluding steroid dienone is 2. The Morgan fingerprint density at radius 1 is 0.771 bits per heavy atom. The first-order chi connectivity index (χ1) is 17.2. The number of unbranched alkanes of at least 4 members (excludes halogenated alkanes) is 5. The summed E-state index contributed by atoms with van der Waals surface area (Å²) in [6.45, 7) is 8.52. The third kappa shape index (κ3) is 9.22. The number of aryl methyl sites for hydroxylation is 2. The largest absolute Gasteiger partial charge is 0.348 e. The molecule has 2 aromatic carbocycles. The number of hydrogen-bond donors (Lipinski definition) is 0. The zero-order valence-electron chi connectivity index (χ0n) is 22.3. The lowest BCUT2D eigenvalue weighted by atomic mass is 9.87. The maximum Gasteiger partial charge on any atom is 0.304 e. The van der Waals surface area contributed by atoms with Crippen molar-refractivity contribution in [1.29, 1.82) is 0 Å². The van der Waals surface area contributed by atoms with Crippen LogP contribution in [0.1, 0.15) is 108 Å². The molecule has 0 aliphatic carbocycles. The molecule has 2 aromatic rings. The zero-order valence-corrected chi connectivity index (χ0v) is 22.3. The Balaban J connectivity index is 2.67. The van der Waals surface area contributed by atoms with Crippen LogP contribution in [0.5, 0.6) is 0 Å². The van der Waals surface area contributed by atoms with Gasteiger partial charge in [-0.3, -0.25) is 0 Å². The number of hydrogen-bond acceptors (Lipinski definition) is 0. The van der Waals surface area contributed by atoms with E-state index >= 15 is 0 Å². The summed E-state index contributed by atoms with van der Waals surface area (Å²) in [7, 11) is 0. The lowest BCUT2D eigenvalue weighted by Gasteiger charge is -2.15. The highest BCUT2D eigenvalue weighted by molar-refractivity contribution is 5.90. The van der Waals surface area contributed by atoms with Gasteiger partial charge in [0.05, 0.1) is 11.1 Å². The fourth-order valence-electron chi connectivity index (χ4n) is 4.40. The van der Waals surface area contributed by atoms with Crippen LogP contribution >= 0.6 is 0 Å². The Labute approximate surface area is 213 Å². The third-order valence-corrected chi connectivity index (χ3v) is 6.36. The lowest BCUT2D eigenvalue weighted by Crippen LogP contribution is -2.00. The predicted octanol–water partition coefficient (Wildman–Crippen LogP) is 8.99. The molecule has 0 saturated carbocycles. The van der Waals surface area contributed by atoms with Gasteiger partial charge in [0.25, 0.3) is 0 Å². The average molecular weight is 467 g/mol. The van der Waals surface area contributed by atoms with Crippen LogP contribution in [0.4, 0.5) is 0 Å². The molecule has 0 aliphatic heterocycles. The van der Waals surface area contributed by atoms with E-state index in [2.05, 4.69) is 91.8 Å². The fraction of sp³-hybridized carbons (Fsp3) is 0.455. The number of nitrogens with zero attached hydrogens (tertiary/aromatic N) is 2. The topological polar surface area (TPSA) is 36.4 Å². The summed E-state index contributed by atoms with van der Waals surface area (Å²) in [5.74, 6) is 9.34. The molecule has 0 radical (unpaired) electrons. The molecule has 0 aliphatic rings. The standard InChI is InChI=1S/C33H42N2/c1-5-9-12-16-27-21-23-29(24-22-27)33(30-20-14-18-28(25-30)17-13-10-6-2)32(15-8-4)31(26-35-34)19-11-7-3/h14,18,20-25H,5-7,9-13,16-17,19H2,1-4H3. The molecular formula is C33H42N2. The van der Waals surface area contributed by atoms with Gasteiger partial charge in [-0.1, -0.05) is 107 Å². The highest BCUT2D eigenvalue weighted by Gasteiger charge is 2.17. The molecule has 0 fully saturated rings. The van der Waals surface area contributed by atoms with Crippen LogP contribution in [0, 0.1) is 11.8 Å². The summed E-state index contributed by atoms with van der Waals surface area (Å²) < 4.78 is 0. The van der Waals surface area contributed by atoms with Crippen molar-refractivity contribution in [3.05, 3.63) is 87.5 Å². The summed E-state index contributed by atoms with van der Waals surface area (Å²) >= 11 is 0. The molecular weight excluding hydrogens is 424 g/mol. The third-order valence-electron chi connectivity index (χ3n) is 6.36. The van der Waals surface area contributed by atoms with Crippen molar-refractivity contribution in [2.24, 2.45) is 0 Å². The van der Waals surface area contributed by atoms with Gasteiger partial charge in [0.15, 0.2) is 0 Å². The normalized spacial score (nSPS) is 11.1. The van der Waals surface area contributed by atoms with Crippen LogP contribution in [-0.4, -0.2) is 10.7 Å². The van der Waals surface area contributed by atoms with Crippen molar-refractivity contribution < 1.29 is 4.79 Å². The van der Waals surface area contributed by atoms with Crippen LogP contribution in [0.15, 0.2) is 59.7 Å². The highest BCUT2D eigenvalue weighted by atomic mass is 14.8. The van der Waals surface area contributed by atoms with Gasteiger partial charge in [-0.05, 0) is 67.7 Å². The van der Waals surface area contributed by atoms with Crippen LogP contribution in [-0.2, 0) is 12.8 Å². The van der Waals surface area contributed by atoms with Gasteiger partial charge in [-0.2, -0.15) is 0 Å². The minimum atomic E-state index is 0.777. The molecule has 0 aromatic heterocycles. The Bertz CT molecular complexity index is 1100. The van der Waals surface area contributed by atoms with Crippen LogP contribution < -0.4 is 0 Å². The van der Waals surface area contributed by atoms with Crippen molar-refractivity contribution in [3.63, 3.8) is 0 Å². The first-order valence-electron chi connectivity index (χ1n) is 13.5. The zero-order chi connectivity index (χ0) is 25.3. The maximum atomic E-state index is 9.40. The van der Waals surface area contributed by atoms with Gasteiger partial charge in [-0.25, -0.2) is 0 Å². The van der Waals surface area contributed by atoms with Crippen molar-refractivity contribution in [1.82, 2.24) is 0 Å². The Morgan fingerprint density at radius 3 is 2.03 bits per heavy atom. The highest BCUT2D eigenvalue weighted by Crippen LogP contribution is 2.32. The molecule has 0 N–H and O–H groups in total. The molecule has 184 valence electrons. The fourth-order valence-corrected chi connectivity index (χ4v) is 4.40. The molecule has 0 unspecified atom stereocenters. The van der Waals surface area contributed by atoms with E-state index in [4.69, 9.17) is 0 Å². The molecule has 0 bridgehead atoms. The number of benzene rings is 2. The van der Waals surface area contributed by atoms with Gasteiger partial charge in [0, 0.05) is 5.57 Å². The van der Waals surface area contributed by atoms with Gasteiger partial charge in [-0.15, -0.1) is 10.7 Å². The SMILES string of the molecule is CC#CC(C(=C=[N+]=[N-])CCCC)=C(c1ccc(CCCCC)cc1)c1cccc(CCCCC)c1. The second kappa shape index (κ2) is 16.5. The van der Waals surface area contributed by atoms with E-state index in [0.29, 0.717) is 0 Å². The molecule has 0 atom stereocenters. The summed E-state index contributed by atoms with van der Waals surface area (Å²) in [6, 6.07) is 17.8. The van der Waals surface area contributed by atoms with E-state index in [1.165, 1.54) is 49.7 Å². The molecule has 35 heavy (non-hydrogen) atoms. The second-order valence-electron chi connectivity index (χ2n) is 9.23. The molecule has 2 rings (SSSR count). The maximum absolute atomic E-state index is 9.40. The molecule has 0 spiro atoms. The monoisotopic (exact) mass is 466 g/mol. The molecule has 0 heterocycles. The Kier molecular flexibility index (Phi) is 13.3. The molecule has 2 heteroatoms. The summed E-state index contributed by atoms with van der Waals surface area (Å²) in [5, 5.41) is 0. The summed E-state index contributed by atoms with van der Waals surface area (Å²) in [5.41, 5.74) is 17.3. The van der Waals surface area contributed by atoms with E-state index in [1.54, 1.807) is 0 Å². The van der Waals surface area contributed by atoms with Crippen molar-refractivity contribution >= 4 is 11.4 Å². The van der Waals surface area contributed by atoms with Crippen molar-refractivity contribution in [2.75, 3.05) is 0 Å². The molecule has 2 nitrogen and oxygen atoms in total. The minimum absolute atomic E-state index is 0.777. The van der Waals surface area contributed by atoms with Crippen LogP contribution in [0.2, 0.25) is 0 Å². The van der Waals surface area contributed by atoms with Crippen LogP contribution in [0.3, 0.4) is 0 Å². The Morgan fingerprint density at radius 2 is 1.43 bits per heavy atom. The van der Waals surface area contributed by atoms with E-state index in [1.807, 2.05) is 6.92 Å². The van der Waals surface area contributed by atoms with Gasteiger partial charge in [0.1, 0.15) is 0 Å². The van der Waals surface area contributed by atoms with E-state index in [0.717, 1.165) is 60.0 Å². The lowest BCUT2D eigenvalue weighted by molar-refractivity contribution is 0.00743. The van der Waals surface area contributed by atoms with E-state index in [-0.39, 0.29) is 0 Å². The first-order valence-corrected chi connectivity index (χ1v) is 13.5. The van der Waals surface area contributed by atoms with Gasteiger partial charge in [0.2, 0.25) is 0 Å². The molecule has 0 saturated heterocycles. The average Bonchev–Trinajstić information content (AvgIpc) is 2.88.